The van der Waals surface area contributed by atoms with E-state index in [1.54, 1.807) is 6.20 Å². The minimum absolute atomic E-state index is 0. The lowest BCUT2D eigenvalue weighted by Gasteiger charge is -2.30. The Balaban J connectivity index is 0.00000256. The van der Waals surface area contributed by atoms with Crippen molar-refractivity contribution in [2.24, 2.45) is 0 Å². The van der Waals surface area contributed by atoms with E-state index < -0.39 is 0 Å². The number of benzene rings is 1. The van der Waals surface area contributed by atoms with Crippen molar-refractivity contribution in [3.8, 4) is 11.4 Å². The van der Waals surface area contributed by atoms with E-state index in [4.69, 9.17) is 16.6 Å². The largest absolute Gasteiger partial charge is 0.368 e. The average Bonchev–Trinajstić information content (AvgIpc) is 3.11. The summed E-state index contributed by atoms with van der Waals surface area (Å²) in [5.41, 5.74) is 3.74. The summed E-state index contributed by atoms with van der Waals surface area (Å²) in [6, 6.07) is 8.20. The highest BCUT2D eigenvalue weighted by molar-refractivity contribution is 6.33. The van der Waals surface area contributed by atoms with Gasteiger partial charge in [-0.15, -0.1) is 12.4 Å². The van der Waals surface area contributed by atoms with Crippen molar-refractivity contribution in [2.45, 2.75) is 26.8 Å². The van der Waals surface area contributed by atoms with Crippen molar-refractivity contribution < 1.29 is 0 Å². The molecule has 0 spiro atoms. The number of imidazole rings is 1. The lowest BCUT2D eigenvalue weighted by atomic mass is 10.2. The summed E-state index contributed by atoms with van der Waals surface area (Å²) in [4.78, 5) is 15.8. The molecular weight excluding hydrogens is 421 g/mol. The van der Waals surface area contributed by atoms with E-state index in [0.717, 1.165) is 59.8 Å². The highest BCUT2D eigenvalue weighted by Crippen LogP contribution is 2.30. The van der Waals surface area contributed by atoms with Crippen LogP contribution in [-0.2, 0) is 0 Å². The Kier molecular flexibility index (Phi) is 7.18. The first-order chi connectivity index (χ1) is 14.0. The number of aromatic nitrogens is 4. The maximum absolute atomic E-state index is 6.56. The van der Waals surface area contributed by atoms with Crippen LogP contribution in [0, 0.1) is 6.92 Å². The minimum atomic E-state index is 0. The zero-order valence-electron chi connectivity index (χ0n) is 17.4. The third kappa shape index (κ3) is 4.69. The molecule has 2 aromatic heterocycles. The van der Waals surface area contributed by atoms with Crippen molar-refractivity contribution in [3.05, 3.63) is 47.5 Å². The molecule has 2 N–H and O–H groups in total. The average molecular weight is 448 g/mol. The van der Waals surface area contributed by atoms with Gasteiger partial charge < -0.3 is 20.1 Å². The van der Waals surface area contributed by atoms with Crippen molar-refractivity contribution in [1.29, 1.82) is 0 Å². The summed E-state index contributed by atoms with van der Waals surface area (Å²) in [7, 11) is 0. The third-order valence-corrected chi connectivity index (χ3v) is 5.38. The molecule has 0 aliphatic carbocycles. The molecule has 1 aliphatic heterocycles. The number of hydrogen-bond donors (Lipinski definition) is 2. The minimum Gasteiger partial charge on any atom is -0.368 e. The molecule has 4 rings (SSSR count). The van der Waals surface area contributed by atoms with Gasteiger partial charge in [-0.25, -0.2) is 15.0 Å². The summed E-state index contributed by atoms with van der Waals surface area (Å²) in [5.74, 6) is 1.50. The van der Waals surface area contributed by atoms with Crippen LogP contribution in [-0.4, -0.2) is 45.7 Å². The number of rotatable bonds is 5. The molecule has 3 aromatic rings. The Morgan fingerprint density at radius 2 is 1.90 bits per heavy atom. The van der Waals surface area contributed by atoms with Crippen LogP contribution in [0.25, 0.3) is 11.4 Å². The Morgan fingerprint density at radius 3 is 2.60 bits per heavy atom. The Morgan fingerprint density at radius 1 is 1.13 bits per heavy atom. The smallest absolute Gasteiger partial charge is 0.227 e. The van der Waals surface area contributed by atoms with Crippen LogP contribution in [0.3, 0.4) is 0 Å². The number of anilines is 3. The molecule has 0 atom stereocenters. The molecule has 0 saturated carbocycles. The van der Waals surface area contributed by atoms with Gasteiger partial charge in [0.1, 0.15) is 5.82 Å². The molecule has 1 saturated heterocycles. The van der Waals surface area contributed by atoms with Gasteiger partial charge in [0.25, 0.3) is 0 Å². The fourth-order valence-electron chi connectivity index (χ4n) is 3.73. The second-order valence-electron chi connectivity index (χ2n) is 7.45. The fourth-order valence-corrected chi connectivity index (χ4v) is 4.03. The van der Waals surface area contributed by atoms with Crippen LogP contribution >= 0.6 is 24.0 Å². The fraction of sp³-hybridized carbons (Fsp3) is 0.381. The van der Waals surface area contributed by atoms with Crippen LogP contribution in [0.2, 0.25) is 5.02 Å². The van der Waals surface area contributed by atoms with Crippen LogP contribution in [0.5, 0.6) is 0 Å². The zero-order chi connectivity index (χ0) is 20.4. The number of nitrogens with zero attached hydrogens (tertiary/aromatic N) is 5. The normalized spacial score (nSPS) is 14.0. The zero-order valence-corrected chi connectivity index (χ0v) is 19.0. The van der Waals surface area contributed by atoms with Crippen molar-refractivity contribution >= 4 is 41.3 Å². The van der Waals surface area contributed by atoms with Gasteiger partial charge in [-0.2, -0.15) is 0 Å². The molecule has 1 aliphatic rings. The first-order valence-electron chi connectivity index (χ1n) is 9.92. The predicted octanol–water partition coefficient (Wildman–Crippen LogP) is 4.46. The highest BCUT2D eigenvalue weighted by atomic mass is 35.5. The van der Waals surface area contributed by atoms with E-state index in [1.807, 2.05) is 31.3 Å². The molecule has 3 heterocycles. The van der Waals surface area contributed by atoms with E-state index in [1.165, 1.54) is 0 Å². The molecule has 7 nitrogen and oxygen atoms in total. The van der Waals surface area contributed by atoms with Gasteiger partial charge in [0.15, 0.2) is 0 Å². The molecule has 0 bridgehead atoms. The van der Waals surface area contributed by atoms with E-state index >= 15 is 0 Å². The summed E-state index contributed by atoms with van der Waals surface area (Å²) in [6.45, 7) is 10.2. The predicted molar refractivity (Wildman–Crippen MR) is 125 cm³/mol. The molecular formula is C21H27Cl2N7. The maximum Gasteiger partial charge on any atom is 0.227 e. The molecule has 160 valence electrons. The van der Waals surface area contributed by atoms with Crippen LogP contribution in [0.15, 0.2) is 36.7 Å². The number of hydrogen-bond acceptors (Lipinski definition) is 6. The van der Waals surface area contributed by atoms with Crippen molar-refractivity contribution in [2.75, 3.05) is 36.4 Å². The Bertz CT molecular complexity index is 997. The van der Waals surface area contributed by atoms with Gasteiger partial charge >= 0.3 is 0 Å². The van der Waals surface area contributed by atoms with E-state index in [-0.39, 0.29) is 12.4 Å². The van der Waals surface area contributed by atoms with Crippen LogP contribution in [0.1, 0.15) is 25.7 Å². The van der Waals surface area contributed by atoms with Gasteiger partial charge in [0.2, 0.25) is 5.95 Å². The third-order valence-electron chi connectivity index (χ3n) is 5.08. The van der Waals surface area contributed by atoms with Crippen LogP contribution < -0.4 is 15.5 Å². The Labute approximate surface area is 188 Å². The van der Waals surface area contributed by atoms with Crippen LogP contribution in [0.4, 0.5) is 17.3 Å². The summed E-state index contributed by atoms with van der Waals surface area (Å²) in [5, 5.41) is 7.36. The summed E-state index contributed by atoms with van der Waals surface area (Å²) >= 11 is 6.56. The second-order valence-corrected chi connectivity index (χ2v) is 7.86. The van der Waals surface area contributed by atoms with Gasteiger partial charge in [-0.1, -0.05) is 11.6 Å². The highest BCUT2D eigenvalue weighted by Gasteiger charge is 2.15. The topological polar surface area (TPSA) is 70.9 Å². The lowest BCUT2D eigenvalue weighted by molar-refractivity contribution is 0.587. The monoisotopic (exact) mass is 447 g/mol. The quantitative estimate of drug-likeness (QED) is 0.601. The van der Waals surface area contributed by atoms with Gasteiger partial charge in [0, 0.05) is 44.1 Å². The van der Waals surface area contributed by atoms with Gasteiger partial charge in [0.05, 0.1) is 28.3 Å². The van der Waals surface area contributed by atoms with Gasteiger partial charge in [-0.3, -0.25) is 0 Å². The SMILES string of the molecule is Cc1ncc(-c2ccnc(Nc3ccc(N4CCNCC4)c(Cl)c3)n2)n1C(C)C.Cl. The standard InChI is InChI=1S/C21H26ClN7.ClH/c1-14(2)29-15(3)25-13-20(29)18-6-7-24-21(27-18)26-16-4-5-19(17(22)12-16)28-10-8-23-9-11-28;/h4-7,12-14,23H,8-11H2,1-3H3,(H,24,26,27);1H. The molecule has 0 unspecified atom stereocenters. The summed E-state index contributed by atoms with van der Waals surface area (Å²) < 4.78 is 2.17. The van der Waals surface area contributed by atoms with Gasteiger partial charge in [-0.05, 0) is 45.0 Å². The molecule has 1 aromatic carbocycles. The molecule has 1 fully saturated rings. The summed E-state index contributed by atoms with van der Waals surface area (Å²) in [6.07, 6.45) is 3.62. The lowest BCUT2D eigenvalue weighted by Crippen LogP contribution is -2.43. The molecule has 0 radical (unpaired) electrons. The van der Waals surface area contributed by atoms with Crippen molar-refractivity contribution in [3.63, 3.8) is 0 Å². The number of piperazine rings is 1. The Hall–Kier alpha value is -2.35. The molecule has 9 heteroatoms. The number of aryl methyl sites for hydroxylation is 1. The molecule has 30 heavy (non-hydrogen) atoms. The first-order valence-corrected chi connectivity index (χ1v) is 10.3. The first kappa shape index (κ1) is 22.3. The van der Waals surface area contributed by atoms with E-state index in [9.17, 15) is 0 Å². The molecule has 0 amide bonds. The number of nitrogens with one attached hydrogen (secondary N) is 2. The maximum atomic E-state index is 6.56. The second kappa shape index (κ2) is 9.64. The van der Waals surface area contributed by atoms with Crippen molar-refractivity contribution in [1.82, 2.24) is 24.8 Å². The number of halogens is 2. The van der Waals surface area contributed by atoms with E-state index in [2.05, 4.69) is 50.0 Å². The van der Waals surface area contributed by atoms with E-state index in [0.29, 0.717) is 12.0 Å².